The molecule has 0 saturated carbocycles. The Morgan fingerprint density at radius 1 is 1.07 bits per heavy atom. The zero-order valence-electron chi connectivity index (χ0n) is 16.9. The summed E-state index contributed by atoms with van der Waals surface area (Å²) in [6, 6.07) is 17.4. The van der Waals surface area contributed by atoms with Crippen LogP contribution in [0.2, 0.25) is 0 Å². The van der Waals surface area contributed by atoms with Crippen LogP contribution in [0.15, 0.2) is 60.8 Å². The number of benzene rings is 2. The number of nitrogens with zero attached hydrogens (tertiary/aromatic N) is 1. The minimum Gasteiger partial charge on any atom is -0.497 e. The molecule has 0 bridgehead atoms. The minimum atomic E-state index is -0.369. The fourth-order valence-corrected chi connectivity index (χ4v) is 3.40. The number of nitrogens with one attached hydrogen (secondary N) is 2. The zero-order valence-corrected chi connectivity index (χ0v) is 16.9. The van der Waals surface area contributed by atoms with Crippen LogP contribution in [0.1, 0.15) is 31.4 Å². The molecule has 1 unspecified atom stereocenters. The van der Waals surface area contributed by atoms with Crippen LogP contribution in [0.3, 0.4) is 0 Å². The summed E-state index contributed by atoms with van der Waals surface area (Å²) in [4.78, 5) is 24.0. The van der Waals surface area contributed by atoms with Gasteiger partial charge in [0.2, 0.25) is 11.8 Å². The lowest BCUT2D eigenvalue weighted by Crippen LogP contribution is -2.33. The number of carbonyl (C=O) groups is 2. The van der Waals surface area contributed by atoms with Crippen LogP contribution in [0.5, 0.6) is 5.75 Å². The summed E-state index contributed by atoms with van der Waals surface area (Å²) < 4.78 is 7.36. The molecule has 3 aromatic rings. The predicted octanol–water partition coefficient (Wildman–Crippen LogP) is 3.42. The minimum absolute atomic E-state index is 0.0862. The molecule has 0 fully saturated rings. The quantitative estimate of drug-likeness (QED) is 0.547. The summed E-state index contributed by atoms with van der Waals surface area (Å²) in [5, 5.41) is 7.03. The lowest BCUT2D eigenvalue weighted by molar-refractivity contribution is -0.122. The van der Waals surface area contributed by atoms with Gasteiger partial charge in [0, 0.05) is 31.7 Å². The van der Waals surface area contributed by atoms with Crippen LogP contribution in [0, 0.1) is 0 Å². The van der Waals surface area contributed by atoms with Crippen molar-refractivity contribution in [3.05, 3.63) is 66.4 Å². The second kappa shape index (κ2) is 9.78. The average Bonchev–Trinajstić information content (AvgIpc) is 3.14. The predicted molar refractivity (Wildman–Crippen MR) is 114 cm³/mol. The molecule has 29 heavy (non-hydrogen) atoms. The molecular formula is C23H27N3O3. The van der Waals surface area contributed by atoms with E-state index in [2.05, 4.69) is 39.6 Å². The SMILES string of the molecule is COc1ccc(C(CC(=O)NCCCn2ccc3ccccc32)NC(C)=O)cc1. The van der Waals surface area contributed by atoms with Crippen LogP contribution >= 0.6 is 0 Å². The Labute approximate surface area is 170 Å². The van der Waals surface area contributed by atoms with Gasteiger partial charge in [-0.05, 0) is 41.6 Å². The fraction of sp³-hybridized carbons (Fsp3) is 0.304. The Morgan fingerprint density at radius 3 is 2.55 bits per heavy atom. The van der Waals surface area contributed by atoms with Crippen molar-refractivity contribution in [2.45, 2.75) is 32.4 Å². The smallest absolute Gasteiger partial charge is 0.222 e. The molecule has 2 N–H and O–H groups in total. The molecule has 0 aliphatic heterocycles. The van der Waals surface area contributed by atoms with Crippen molar-refractivity contribution in [2.75, 3.05) is 13.7 Å². The maximum atomic E-state index is 12.4. The average molecular weight is 393 g/mol. The molecule has 1 heterocycles. The largest absolute Gasteiger partial charge is 0.497 e. The van der Waals surface area contributed by atoms with E-state index in [0.717, 1.165) is 24.3 Å². The van der Waals surface area contributed by atoms with E-state index in [0.29, 0.717) is 6.54 Å². The highest BCUT2D eigenvalue weighted by molar-refractivity contribution is 5.80. The zero-order chi connectivity index (χ0) is 20.6. The van der Waals surface area contributed by atoms with E-state index in [9.17, 15) is 9.59 Å². The second-order valence-electron chi connectivity index (χ2n) is 7.00. The number of ether oxygens (including phenoxy) is 1. The molecule has 152 valence electrons. The molecule has 1 atom stereocenters. The van der Waals surface area contributed by atoms with E-state index >= 15 is 0 Å². The first-order chi connectivity index (χ1) is 14.1. The Balaban J connectivity index is 1.50. The molecule has 0 aliphatic carbocycles. The van der Waals surface area contributed by atoms with Gasteiger partial charge in [-0.1, -0.05) is 30.3 Å². The topological polar surface area (TPSA) is 72.4 Å². The maximum absolute atomic E-state index is 12.4. The number of aryl methyl sites for hydroxylation is 1. The van der Waals surface area contributed by atoms with Crippen molar-refractivity contribution in [1.82, 2.24) is 15.2 Å². The first-order valence-electron chi connectivity index (χ1n) is 9.78. The molecule has 2 aromatic carbocycles. The summed E-state index contributed by atoms with van der Waals surface area (Å²) in [6.07, 6.45) is 3.10. The lowest BCUT2D eigenvalue weighted by atomic mass is 10.0. The molecule has 0 aliphatic rings. The van der Waals surface area contributed by atoms with Gasteiger partial charge < -0.3 is 19.9 Å². The Hall–Kier alpha value is -3.28. The highest BCUT2D eigenvalue weighted by Gasteiger charge is 2.17. The van der Waals surface area contributed by atoms with Gasteiger partial charge in [-0.25, -0.2) is 0 Å². The van der Waals surface area contributed by atoms with Crippen molar-refractivity contribution in [1.29, 1.82) is 0 Å². The van der Waals surface area contributed by atoms with Gasteiger partial charge in [0.15, 0.2) is 0 Å². The third-order valence-electron chi connectivity index (χ3n) is 4.86. The maximum Gasteiger partial charge on any atom is 0.222 e. The monoisotopic (exact) mass is 393 g/mol. The van der Waals surface area contributed by atoms with E-state index in [1.54, 1.807) is 7.11 Å². The number of methoxy groups -OCH3 is 1. The number of rotatable bonds is 9. The Bertz CT molecular complexity index is 963. The summed E-state index contributed by atoms with van der Waals surface area (Å²) in [5.74, 6) is 0.479. The highest BCUT2D eigenvalue weighted by Crippen LogP contribution is 2.20. The number of aromatic nitrogens is 1. The number of amides is 2. The van der Waals surface area contributed by atoms with E-state index in [4.69, 9.17) is 4.74 Å². The first kappa shape index (κ1) is 20.5. The van der Waals surface area contributed by atoms with Gasteiger partial charge in [0.1, 0.15) is 5.75 Å². The summed E-state index contributed by atoms with van der Waals surface area (Å²) in [6.45, 7) is 2.87. The summed E-state index contributed by atoms with van der Waals surface area (Å²) >= 11 is 0. The number of fused-ring (bicyclic) bond motifs is 1. The number of carbonyl (C=O) groups excluding carboxylic acids is 2. The molecule has 3 rings (SSSR count). The molecular weight excluding hydrogens is 366 g/mol. The number of hydrogen-bond donors (Lipinski definition) is 2. The highest BCUT2D eigenvalue weighted by atomic mass is 16.5. The van der Waals surface area contributed by atoms with Crippen molar-refractivity contribution in [2.24, 2.45) is 0 Å². The number of para-hydroxylation sites is 1. The third kappa shape index (κ3) is 5.60. The van der Waals surface area contributed by atoms with Crippen molar-refractivity contribution >= 4 is 22.7 Å². The van der Waals surface area contributed by atoms with E-state index in [-0.39, 0.29) is 24.3 Å². The normalized spacial score (nSPS) is 11.8. The van der Waals surface area contributed by atoms with Crippen LogP contribution in [-0.2, 0) is 16.1 Å². The van der Waals surface area contributed by atoms with E-state index in [1.807, 2.05) is 36.4 Å². The molecule has 6 heteroatoms. The van der Waals surface area contributed by atoms with Crippen LogP contribution in [0.25, 0.3) is 10.9 Å². The molecule has 0 spiro atoms. The lowest BCUT2D eigenvalue weighted by Gasteiger charge is -2.18. The van der Waals surface area contributed by atoms with Crippen molar-refractivity contribution in [3.8, 4) is 5.75 Å². The van der Waals surface area contributed by atoms with Gasteiger partial charge in [-0.2, -0.15) is 0 Å². The molecule has 0 saturated heterocycles. The molecule has 0 radical (unpaired) electrons. The van der Waals surface area contributed by atoms with Gasteiger partial charge in [0.25, 0.3) is 0 Å². The van der Waals surface area contributed by atoms with Crippen molar-refractivity contribution < 1.29 is 14.3 Å². The number of hydrogen-bond acceptors (Lipinski definition) is 3. The molecule has 6 nitrogen and oxygen atoms in total. The summed E-state index contributed by atoms with van der Waals surface area (Å²) in [7, 11) is 1.60. The van der Waals surface area contributed by atoms with Crippen molar-refractivity contribution in [3.63, 3.8) is 0 Å². The van der Waals surface area contributed by atoms with Crippen LogP contribution in [0.4, 0.5) is 0 Å². The Morgan fingerprint density at radius 2 is 1.83 bits per heavy atom. The first-order valence-corrected chi connectivity index (χ1v) is 9.78. The Kier molecular flexibility index (Phi) is 6.89. The fourth-order valence-electron chi connectivity index (χ4n) is 3.40. The van der Waals surface area contributed by atoms with Gasteiger partial charge >= 0.3 is 0 Å². The molecule has 2 amide bonds. The molecule has 1 aromatic heterocycles. The van der Waals surface area contributed by atoms with E-state index in [1.165, 1.54) is 17.8 Å². The van der Waals surface area contributed by atoms with Crippen LogP contribution < -0.4 is 15.4 Å². The standard InChI is InChI=1S/C23H27N3O3/c1-17(27)25-21(18-8-10-20(29-2)11-9-18)16-23(28)24-13-5-14-26-15-12-19-6-3-4-7-22(19)26/h3-4,6-12,15,21H,5,13-14,16H2,1-2H3,(H,24,28)(H,25,27). The summed E-state index contributed by atoms with van der Waals surface area (Å²) in [5.41, 5.74) is 2.07. The second-order valence-corrected chi connectivity index (χ2v) is 7.00. The third-order valence-corrected chi connectivity index (χ3v) is 4.86. The van der Waals surface area contributed by atoms with Gasteiger partial charge in [0.05, 0.1) is 19.6 Å². The van der Waals surface area contributed by atoms with Crippen LogP contribution in [-0.4, -0.2) is 30.0 Å². The van der Waals surface area contributed by atoms with E-state index < -0.39 is 0 Å². The van der Waals surface area contributed by atoms with Gasteiger partial charge in [-0.3, -0.25) is 9.59 Å². The van der Waals surface area contributed by atoms with Gasteiger partial charge in [-0.15, -0.1) is 0 Å².